The SMILES string of the molecule is Fc1ccc2nc(NCC3Cc4ccccc4O3)sc2c1. The first-order valence-corrected chi connectivity index (χ1v) is 7.64. The van der Waals surface area contributed by atoms with Crippen LogP contribution in [-0.4, -0.2) is 17.6 Å². The fourth-order valence-corrected chi connectivity index (χ4v) is 3.44. The summed E-state index contributed by atoms with van der Waals surface area (Å²) in [6.07, 6.45) is 1.02. The zero-order chi connectivity index (χ0) is 14.2. The molecule has 1 aromatic heterocycles. The van der Waals surface area contributed by atoms with E-state index >= 15 is 0 Å². The summed E-state index contributed by atoms with van der Waals surface area (Å²) in [6.45, 7) is 0.691. The Morgan fingerprint density at radius 1 is 1.29 bits per heavy atom. The van der Waals surface area contributed by atoms with Gasteiger partial charge in [0.1, 0.15) is 17.7 Å². The van der Waals surface area contributed by atoms with Crippen molar-refractivity contribution in [2.24, 2.45) is 0 Å². The molecule has 1 aliphatic rings. The molecule has 2 heterocycles. The van der Waals surface area contributed by atoms with E-state index in [9.17, 15) is 4.39 Å². The first-order chi connectivity index (χ1) is 10.3. The smallest absolute Gasteiger partial charge is 0.183 e. The lowest BCUT2D eigenvalue weighted by Crippen LogP contribution is -2.23. The molecule has 1 atom stereocenters. The first kappa shape index (κ1) is 12.6. The van der Waals surface area contributed by atoms with Gasteiger partial charge in [-0.2, -0.15) is 0 Å². The van der Waals surface area contributed by atoms with Crippen molar-refractivity contribution in [3.05, 3.63) is 53.8 Å². The van der Waals surface area contributed by atoms with Crippen LogP contribution < -0.4 is 10.1 Å². The third-order valence-corrected chi connectivity index (χ3v) is 4.52. The minimum atomic E-state index is -0.229. The van der Waals surface area contributed by atoms with E-state index in [0.29, 0.717) is 6.54 Å². The molecule has 2 aromatic carbocycles. The average molecular weight is 300 g/mol. The summed E-state index contributed by atoms with van der Waals surface area (Å²) in [7, 11) is 0. The molecule has 1 N–H and O–H groups in total. The van der Waals surface area contributed by atoms with Crippen molar-refractivity contribution in [3.8, 4) is 5.75 Å². The second kappa shape index (κ2) is 5.00. The van der Waals surface area contributed by atoms with Crippen molar-refractivity contribution in [2.75, 3.05) is 11.9 Å². The molecule has 3 aromatic rings. The Hall–Kier alpha value is -2.14. The fraction of sp³-hybridized carbons (Fsp3) is 0.188. The van der Waals surface area contributed by atoms with Gasteiger partial charge < -0.3 is 10.1 Å². The van der Waals surface area contributed by atoms with E-state index in [2.05, 4.69) is 16.4 Å². The number of fused-ring (bicyclic) bond motifs is 2. The number of nitrogens with one attached hydrogen (secondary N) is 1. The van der Waals surface area contributed by atoms with Crippen molar-refractivity contribution in [1.29, 1.82) is 0 Å². The molecule has 1 aliphatic heterocycles. The number of ether oxygens (including phenoxy) is 1. The lowest BCUT2D eigenvalue weighted by Gasteiger charge is -2.10. The van der Waals surface area contributed by atoms with Crippen LogP contribution in [0.3, 0.4) is 0 Å². The lowest BCUT2D eigenvalue weighted by molar-refractivity contribution is 0.246. The first-order valence-electron chi connectivity index (χ1n) is 6.82. The monoisotopic (exact) mass is 300 g/mol. The molecule has 106 valence electrons. The van der Waals surface area contributed by atoms with Crippen molar-refractivity contribution in [3.63, 3.8) is 0 Å². The molecule has 1 unspecified atom stereocenters. The number of aromatic nitrogens is 1. The highest BCUT2D eigenvalue weighted by molar-refractivity contribution is 7.22. The second-order valence-electron chi connectivity index (χ2n) is 5.06. The highest BCUT2D eigenvalue weighted by atomic mass is 32.1. The Labute approximate surface area is 125 Å². The number of halogens is 1. The molecule has 0 spiro atoms. The van der Waals surface area contributed by atoms with E-state index in [4.69, 9.17) is 4.74 Å². The fourth-order valence-electron chi connectivity index (χ4n) is 2.54. The Balaban J connectivity index is 1.45. The summed E-state index contributed by atoms with van der Waals surface area (Å²) in [4.78, 5) is 4.45. The van der Waals surface area contributed by atoms with E-state index in [0.717, 1.165) is 27.5 Å². The predicted molar refractivity (Wildman–Crippen MR) is 82.6 cm³/mol. The molecule has 0 fully saturated rings. The van der Waals surface area contributed by atoms with Gasteiger partial charge in [-0.15, -0.1) is 0 Å². The maximum atomic E-state index is 13.2. The maximum Gasteiger partial charge on any atom is 0.183 e. The van der Waals surface area contributed by atoms with Crippen molar-refractivity contribution in [1.82, 2.24) is 4.98 Å². The van der Waals surface area contributed by atoms with Crippen LogP contribution in [0.5, 0.6) is 5.75 Å². The third kappa shape index (κ3) is 2.45. The maximum absolute atomic E-state index is 13.2. The van der Waals surface area contributed by atoms with Gasteiger partial charge in [-0.05, 0) is 29.8 Å². The number of anilines is 1. The summed E-state index contributed by atoms with van der Waals surface area (Å²) in [5.74, 6) is 0.739. The van der Waals surface area contributed by atoms with E-state index < -0.39 is 0 Å². The van der Waals surface area contributed by atoms with Gasteiger partial charge in [0.15, 0.2) is 5.13 Å². The van der Waals surface area contributed by atoms with E-state index in [1.54, 1.807) is 6.07 Å². The quantitative estimate of drug-likeness (QED) is 0.797. The topological polar surface area (TPSA) is 34.2 Å². The molecule has 0 aliphatic carbocycles. The van der Waals surface area contributed by atoms with Crippen LogP contribution in [0, 0.1) is 5.82 Å². The molecule has 0 saturated heterocycles. The third-order valence-electron chi connectivity index (χ3n) is 3.55. The molecule has 0 radical (unpaired) electrons. The van der Waals surface area contributed by atoms with Crippen LogP contribution in [0.4, 0.5) is 9.52 Å². The van der Waals surface area contributed by atoms with E-state index in [1.165, 1.54) is 29.0 Å². The van der Waals surface area contributed by atoms with Crippen LogP contribution in [0.1, 0.15) is 5.56 Å². The van der Waals surface area contributed by atoms with Crippen LogP contribution >= 0.6 is 11.3 Å². The van der Waals surface area contributed by atoms with Gasteiger partial charge in [-0.3, -0.25) is 0 Å². The molecule has 21 heavy (non-hydrogen) atoms. The molecule has 0 saturated carbocycles. The predicted octanol–water partition coefficient (Wildman–Crippen LogP) is 3.85. The number of nitrogens with zero attached hydrogens (tertiary/aromatic N) is 1. The normalized spacial score (nSPS) is 16.7. The summed E-state index contributed by atoms with van der Waals surface area (Å²) < 4.78 is 19.9. The Morgan fingerprint density at radius 2 is 2.19 bits per heavy atom. The number of thiazole rings is 1. The van der Waals surface area contributed by atoms with Crippen molar-refractivity contribution < 1.29 is 9.13 Å². The van der Waals surface area contributed by atoms with Gasteiger partial charge in [0, 0.05) is 6.42 Å². The van der Waals surface area contributed by atoms with Crippen LogP contribution in [0.2, 0.25) is 0 Å². The molecule has 5 heteroatoms. The molecule has 3 nitrogen and oxygen atoms in total. The molecule has 0 amide bonds. The molecular weight excluding hydrogens is 287 g/mol. The molecule has 0 bridgehead atoms. The van der Waals surface area contributed by atoms with Gasteiger partial charge >= 0.3 is 0 Å². The lowest BCUT2D eigenvalue weighted by atomic mass is 10.1. The standard InChI is InChI=1S/C16H13FN2OS/c17-11-5-6-13-15(8-11)21-16(19-13)18-9-12-7-10-3-1-2-4-14(10)20-12/h1-6,8,12H,7,9H2,(H,18,19). The van der Waals surface area contributed by atoms with Crippen molar-refractivity contribution >= 4 is 26.7 Å². The summed E-state index contributed by atoms with van der Waals surface area (Å²) in [5.41, 5.74) is 2.06. The van der Waals surface area contributed by atoms with E-state index in [-0.39, 0.29) is 11.9 Å². The largest absolute Gasteiger partial charge is 0.488 e. The Morgan fingerprint density at radius 3 is 3.10 bits per heavy atom. The van der Waals surface area contributed by atoms with Gasteiger partial charge in [0.05, 0.1) is 16.8 Å². The molecule has 4 rings (SSSR count). The minimum absolute atomic E-state index is 0.117. The summed E-state index contributed by atoms with van der Waals surface area (Å²) in [6, 6.07) is 12.7. The number of rotatable bonds is 3. The second-order valence-corrected chi connectivity index (χ2v) is 6.09. The summed E-state index contributed by atoms with van der Waals surface area (Å²) >= 11 is 1.46. The Bertz CT molecular complexity index is 777. The van der Waals surface area contributed by atoms with Crippen LogP contribution in [0.15, 0.2) is 42.5 Å². The molecular formula is C16H13FN2OS. The average Bonchev–Trinajstić information content (AvgIpc) is 3.07. The minimum Gasteiger partial charge on any atom is -0.488 e. The zero-order valence-electron chi connectivity index (χ0n) is 11.2. The van der Waals surface area contributed by atoms with Gasteiger partial charge in [0.2, 0.25) is 0 Å². The van der Waals surface area contributed by atoms with Gasteiger partial charge in [-0.1, -0.05) is 29.5 Å². The van der Waals surface area contributed by atoms with Crippen LogP contribution in [0.25, 0.3) is 10.2 Å². The number of hydrogen-bond donors (Lipinski definition) is 1. The summed E-state index contributed by atoms with van der Waals surface area (Å²) in [5, 5.41) is 4.09. The highest BCUT2D eigenvalue weighted by Gasteiger charge is 2.22. The number of benzene rings is 2. The van der Waals surface area contributed by atoms with Gasteiger partial charge in [-0.25, -0.2) is 9.37 Å². The zero-order valence-corrected chi connectivity index (χ0v) is 12.0. The van der Waals surface area contributed by atoms with Gasteiger partial charge in [0.25, 0.3) is 0 Å². The highest BCUT2D eigenvalue weighted by Crippen LogP contribution is 2.30. The Kier molecular flexibility index (Phi) is 3.00. The van der Waals surface area contributed by atoms with Crippen LogP contribution in [-0.2, 0) is 6.42 Å². The number of para-hydroxylation sites is 1. The van der Waals surface area contributed by atoms with Crippen molar-refractivity contribution in [2.45, 2.75) is 12.5 Å². The number of hydrogen-bond acceptors (Lipinski definition) is 4. The van der Waals surface area contributed by atoms with E-state index in [1.807, 2.05) is 18.2 Å².